The molecular formula is C8H8ClN3OS. The average molecular weight is 230 g/mol. The predicted molar refractivity (Wildman–Crippen MR) is 58.4 cm³/mol. The number of carbonyl (C=O) groups is 1. The number of halogens is 1. The molecule has 1 aromatic heterocycles. The van der Waals surface area contributed by atoms with Crippen molar-refractivity contribution >= 4 is 34.7 Å². The Hall–Kier alpha value is -1.20. The molecule has 1 heterocycles. The van der Waals surface area contributed by atoms with E-state index in [4.69, 9.17) is 17.3 Å². The lowest BCUT2D eigenvalue weighted by Crippen LogP contribution is -2.32. The van der Waals surface area contributed by atoms with Gasteiger partial charge in [0.05, 0.1) is 22.1 Å². The summed E-state index contributed by atoms with van der Waals surface area (Å²) < 4.78 is 0. The number of hydrogen-bond donors (Lipinski definition) is 2. The second-order valence-corrected chi connectivity index (χ2v) is 3.44. The Morgan fingerprint density at radius 2 is 2.43 bits per heavy atom. The summed E-state index contributed by atoms with van der Waals surface area (Å²) in [5.41, 5.74) is 5.59. The number of hydrogen-bond acceptors (Lipinski definition) is 3. The Labute approximate surface area is 91.5 Å². The van der Waals surface area contributed by atoms with E-state index in [1.165, 1.54) is 18.5 Å². The van der Waals surface area contributed by atoms with Crippen molar-refractivity contribution in [2.24, 2.45) is 5.73 Å². The largest absolute Gasteiger partial charge is 0.392 e. The number of nitrogens with two attached hydrogens (primary N) is 1. The molecule has 1 rings (SSSR count). The molecule has 0 spiro atoms. The molecule has 0 radical (unpaired) electrons. The quantitative estimate of drug-likeness (QED) is 0.751. The zero-order chi connectivity index (χ0) is 10.6. The van der Waals surface area contributed by atoms with Crippen molar-refractivity contribution in [1.29, 1.82) is 0 Å². The maximum Gasteiger partial charge on any atom is 0.253 e. The topological polar surface area (TPSA) is 68.0 Å². The minimum atomic E-state index is -0.315. The molecule has 0 aliphatic carbocycles. The van der Waals surface area contributed by atoms with E-state index in [-0.39, 0.29) is 17.4 Å². The third-order valence-electron chi connectivity index (χ3n) is 1.44. The first-order valence-corrected chi connectivity index (χ1v) is 4.56. The van der Waals surface area contributed by atoms with Gasteiger partial charge in [-0.15, -0.1) is 0 Å². The summed E-state index contributed by atoms with van der Waals surface area (Å²) in [5, 5.41) is 2.82. The van der Waals surface area contributed by atoms with Crippen LogP contribution in [0.3, 0.4) is 0 Å². The van der Waals surface area contributed by atoms with Gasteiger partial charge in [-0.05, 0) is 6.07 Å². The summed E-state index contributed by atoms with van der Waals surface area (Å²) in [4.78, 5) is 15.4. The summed E-state index contributed by atoms with van der Waals surface area (Å²) in [6, 6.07) is 1.53. The first-order chi connectivity index (χ1) is 6.61. The van der Waals surface area contributed by atoms with E-state index >= 15 is 0 Å². The van der Waals surface area contributed by atoms with Crippen molar-refractivity contribution in [2.75, 3.05) is 6.54 Å². The van der Waals surface area contributed by atoms with E-state index in [0.717, 1.165) is 0 Å². The summed E-state index contributed by atoms with van der Waals surface area (Å²) >= 11 is 10.4. The molecule has 0 fully saturated rings. The minimum Gasteiger partial charge on any atom is -0.392 e. The highest BCUT2D eigenvalue weighted by Gasteiger charge is 2.08. The summed E-state index contributed by atoms with van der Waals surface area (Å²) in [6.07, 6.45) is 2.89. The molecule has 3 N–H and O–H groups in total. The van der Waals surface area contributed by atoms with Crippen LogP contribution in [0.5, 0.6) is 0 Å². The van der Waals surface area contributed by atoms with E-state index < -0.39 is 0 Å². The van der Waals surface area contributed by atoms with Crippen molar-refractivity contribution < 1.29 is 4.79 Å². The number of nitrogens with one attached hydrogen (secondary N) is 1. The van der Waals surface area contributed by atoms with E-state index in [1.54, 1.807) is 0 Å². The molecule has 0 unspecified atom stereocenters. The smallest absolute Gasteiger partial charge is 0.253 e. The molecule has 0 saturated carbocycles. The Kier molecular flexibility index (Phi) is 3.79. The molecule has 14 heavy (non-hydrogen) atoms. The van der Waals surface area contributed by atoms with Crippen LogP contribution in [0.2, 0.25) is 5.02 Å². The van der Waals surface area contributed by atoms with Crippen LogP contribution in [0.1, 0.15) is 10.4 Å². The molecule has 0 aromatic carbocycles. The standard InChI is InChI=1S/C8H8ClN3OS/c9-6-3-11-2-1-5(6)8(13)12-4-7(10)14/h1-3H,4H2,(H2,10,14)(H,12,13). The van der Waals surface area contributed by atoms with Gasteiger partial charge in [0.2, 0.25) is 0 Å². The molecule has 0 aliphatic rings. The first-order valence-electron chi connectivity index (χ1n) is 3.77. The number of rotatable bonds is 3. The molecule has 1 aromatic rings. The van der Waals surface area contributed by atoms with Gasteiger partial charge in [0.1, 0.15) is 0 Å². The Morgan fingerprint density at radius 3 is 3.00 bits per heavy atom. The van der Waals surface area contributed by atoms with Crippen molar-refractivity contribution in [3.8, 4) is 0 Å². The van der Waals surface area contributed by atoms with Gasteiger partial charge in [-0.1, -0.05) is 23.8 Å². The number of amides is 1. The third-order valence-corrected chi connectivity index (χ3v) is 1.89. The first kappa shape index (κ1) is 10.9. The number of carbonyl (C=O) groups excluding carboxylic acids is 1. The molecule has 0 aliphatic heterocycles. The lowest BCUT2D eigenvalue weighted by atomic mass is 10.2. The van der Waals surface area contributed by atoms with Crippen LogP contribution in [0.4, 0.5) is 0 Å². The highest BCUT2D eigenvalue weighted by atomic mass is 35.5. The highest BCUT2D eigenvalue weighted by Crippen LogP contribution is 2.12. The fourth-order valence-corrected chi connectivity index (χ4v) is 1.10. The fraction of sp³-hybridized carbons (Fsp3) is 0.125. The molecule has 0 saturated heterocycles. The molecule has 1 amide bonds. The molecule has 0 bridgehead atoms. The zero-order valence-corrected chi connectivity index (χ0v) is 8.73. The van der Waals surface area contributed by atoms with Crippen molar-refractivity contribution in [2.45, 2.75) is 0 Å². The SMILES string of the molecule is NC(=S)CNC(=O)c1ccncc1Cl. The van der Waals surface area contributed by atoms with Gasteiger partial charge in [-0.2, -0.15) is 0 Å². The van der Waals surface area contributed by atoms with Crippen LogP contribution in [-0.2, 0) is 0 Å². The lowest BCUT2D eigenvalue weighted by Gasteiger charge is -2.04. The fourth-order valence-electron chi connectivity index (χ4n) is 0.822. The van der Waals surface area contributed by atoms with Crippen LogP contribution in [0, 0.1) is 0 Å². The van der Waals surface area contributed by atoms with Crippen LogP contribution in [0.25, 0.3) is 0 Å². The second-order valence-electron chi connectivity index (χ2n) is 2.50. The van der Waals surface area contributed by atoms with Crippen LogP contribution in [-0.4, -0.2) is 22.4 Å². The van der Waals surface area contributed by atoms with Gasteiger partial charge in [0, 0.05) is 12.4 Å². The minimum absolute atomic E-state index is 0.160. The van der Waals surface area contributed by atoms with E-state index in [0.29, 0.717) is 10.6 Å². The molecular weight excluding hydrogens is 222 g/mol. The highest BCUT2D eigenvalue weighted by molar-refractivity contribution is 7.80. The molecule has 4 nitrogen and oxygen atoms in total. The van der Waals surface area contributed by atoms with Gasteiger partial charge in [0.25, 0.3) is 5.91 Å². The predicted octanol–water partition coefficient (Wildman–Crippen LogP) is 0.751. The van der Waals surface area contributed by atoms with Crippen molar-refractivity contribution in [1.82, 2.24) is 10.3 Å². The van der Waals surface area contributed by atoms with E-state index in [2.05, 4.69) is 22.5 Å². The van der Waals surface area contributed by atoms with Gasteiger partial charge in [-0.25, -0.2) is 0 Å². The number of pyridine rings is 1. The Morgan fingerprint density at radius 1 is 1.71 bits per heavy atom. The third kappa shape index (κ3) is 2.93. The average Bonchev–Trinajstić information content (AvgIpc) is 2.15. The normalized spacial score (nSPS) is 9.50. The monoisotopic (exact) mass is 229 g/mol. The van der Waals surface area contributed by atoms with Gasteiger partial charge in [0.15, 0.2) is 0 Å². The molecule has 6 heteroatoms. The summed E-state index contributed by atoms with van der Waals surface area (Å²) in [6.45, 7) is 0.160. The molecule has 0 atom stereocenters. The molecule has 74 valence electrons. The maximum absolute atomic E-state index is 11.4. The maximum atomic E-state index is 11.4. The zero-order valence-electron chi connectivity index (χ0n) is 7.16. The number of aromatic nitrogens is 1. The second kappa shape index (κ2) is 4.88. The Balaban J connectivity index is 2.70. The number of thiocarbonyl (C=S) groups is 1. The van der Waals surface area contributed by atoms with Crippen molar-refractivity contribution in [3.63, 3.8) is 0 Å². The van der Waals surface area contributed by atoms with Crippen LogP contribution < -0.4 is 11.1 Å². The van der Waals surface area contributed by atoms with Crippen LogP contribution >= 0.6 is 23.8 Å². The van der Waals surface area contributed by atoms with E-state index in [9.17, 15) is 4.79 Å². The number of nitrogens with zero attached hydrogens (tertiary/aromatic N) is 1. The van der Waals surface area contributed by atoms with Crippen molar-refractivity contribution in [3.05, 3.63) is 29.0 Å². The van der Waals surface area contributed by atoms with Crippen LogP contribution in [0.15, 0.2) is 18.5 Å². The van der Waals surface area contributed by atoms with Gasteiger partial charge < -0.3 is 11.1 Å². The summed E-state index contributed by atoms with van der Waals surface area (Å²) in [7, 11) is 0. The lowest BCUT2D eigenvalue weighted by molar-refractivity contribution is 0.0959. The summed E-state index contributed by atoms with van der Waals surface area (Å²) in [5.74, 6) is -0.315. The Bertz CT molecular complexity index is 369. The van der Waals surface area contributed by atoms with E-state index in [1.807, 2.05) is 0 Å². The van der Waals surface area contributed by atoms with Gasteiger partial charge in [-0.3, -0.25) is 9.78 Å². The van der Waals surface area contributed by atoms with Gasteiger partial charge >= 0.3 is 0 Å².